The summed E-state index contributed by atoms with van der Waals surface area (Å²) in [5.74, 6) is 0.994. The van der Waals surface area contributed by atoms with Gasteiger partial charge in [0.15, 0.2) is 5.11 Å². The Kier molecular flexibility index (Phi) is 8.17. The summed E-state index contributed by atoms with van der Waals surface area (Å²) in [5.41, 5.74) is 2.27. The molecule has 186 valence electrons. The number of carbonyl (C=O) groups is 2. The summed E-state index contributed by atoms with van der Waals surface area (Å²) < 4.78 is 10.8. The molecule has 36 heavy (non-hydrogen) atoms. The molecule has 0 radical (unpaired) electrons. The number of nitrogens with one attached hydrogen (secondary N) is 1. The number of thiocarbonyl (C=S) groups is 1. The van der Waals surface area contributed by atoms with Crippen molar-refractivity contribution >= 4 is 40.5 Å². The van der Waals surface area contributed by atoms with E-state index in [9.17, 15) is 9.59 Å². The van der Waals surface area contributed by atoms with Gasteiger partial charge in [-0.2, -0.15) is 0 Å². The zero-order valence-electron chi connectivity index (χ0n) is 20.3. The summed E-state index contributed by atoms with van der Waals surface area (Å²) in [6.07, 6.45) is 0.884. The Morgan fingerprint density at radius 1 is 0.972 bits per heavy atom. The lowest BCUT2D eigenvalue weighted by Gasteiger charge is -2.24. The number of amides is 2. The van der Waals surface area contributed by atoms with Crippen molar-refractivity contribution in [1.82, 2.24) is 4.90 Å². The highest BCUT2D eigenvalue weighted by Gasteiger charge is 2.44. The summed E-state index contributed by atoms with van der Waals surface area (Å²) in [5, 5.41) is 3.26. The predicted molar refractivity (Wildman–Crippen MR) is 144 cm³/mol. The maximum Gasteiger partial charge on any atom is 0.256 e. The predicted octanol–water partition coefficient (Wildman–Crippen LogP) is 5.02. The molecule has 8 heteroatoms. The highest BCUT2D eigenvalue weighted by molar-refractivity contribution is 7.80. The monoisotopic (exact) mass is 503 g/mol. The molecule has 7 nitrogen and oxygen atoms in total. The smallest absolute Gasteiger partial charge is 0.256 e. The lowest BCUT2D eigenvalue weighted by atomic mass is 10.1. The van der Waals surface area contributed by atoms with Gasteiger partial charge in [0.05, 0.1) is 25.8 Å². The number of anilines is 2. The first-order chi connectivity index (χ1) is 17.5. The van der Waals surface area contributed by atoms with Crippen LogP contribution in [0.3, 0.4) is 0 Å². The molecule has 0 unspecified atom stereocenters. The van der Waals surface area contributed by atoms with Crippen molar-refractivity contribution in [1.29, 1.82) is 0 Å². The van der Waals surface area contributed by atoms with E-state index in [1.54, 1.807) is 19.2 Å². The number of ether oxygens (including phenoxy) is 2. The summed E-state index contributed by atoms with van der Waals surface area (Å²) in [7, 11) is 1.61. The Balaban J connectivity index is 1.52. The average molecular weight is 504 g/mol. The molecule has 1 heterocycles. The minimum Gasteiger partial charge on any atom is -0.497 e. The minimum atomic E-state index is -0.730. The van der Waals surface area contributed by atoms with Gasteiger partial charge >= 0.3 is 0 Å². The first-order valence-corrected chi connectivity index (χ1v) is 12.3. The van der Waals surface area contributed by atoms with Crippen LogP contribution in [0.1, 0.15) is 25.3 Å². The highest BCUT2D eigenvalue weighted by atomic mass is 32.1. The average Bonchev–Trinajstić information content (AvgIpc) is 3.13. The molecule has 0 spiro atoms. The van der Waals surface area contributed by atoms with E-state index in [1.165, 1.54) is 4.90 Å². The van der Waals surface area contributed by atoms with Crippen LogP contribution in [0, 0.1) is 0 Å². The largest absolute Gasteiger partial charge is 0.497 e. The molecule has 1 fully saturated rings. The van der Waals surface area contributed by atoms with Crippen molar-refractivity contribution < 1.29 is 19.1 Å². The quantitative estimate of drug-likeness (QED) is 0.392. The zero-order valence-corrected chi connectivity index (χ0v) is 21.2. The van der Waals surface area contributed by atoms with Crippen molar-refractivity contribution in [2.75, 3.05) is 23.9 Å². The Labute approximate surface area is 216 Å². The molecule has 3 aromatic carbocycles. The van der Waals surface area contributed by atoms with Crippen LogP contribution in [0.15, 0.2) is 78.9 Å². The van der Waals surface area contributed by atoms with E-state index >= 15 is 0 Å². The van der Waals surface area contributed by atoms with Crippen LogP contribution in [0.4, 0.5) is 11.4 Å². The standard InChI is InChI=1S/C28H29N3O4S/c1-3-17-35-24-15-11-21(12-16-24)29-26(32)18-25-27(33)31(22-7-5-4-6-8-22)28(36)30(25)19-20-9-13-23(34-2)14-10-20/h4-16,25H,3,17-19H2,1-2H3,(H,29,32)/t25-/m1/s1. The van der Waals surface area contributed by atoms with E-state index in [0.717, 1.165) is 23.5 Å². The lowest BCUT2D eigenvalue weighted by Crippen LogP contribution is -2.37. The van der Waals surface area contributed by atoms with Gasteiger partial charge in [0.1, 0.15) is 17.5 Å². The fraction of sp³-hybridized carbons (Fsp3) is 0.250. The van der Waals surface area contributed by atoms with Crippen molar-refractivity contribution in [3.8, 4) is 11.5 Å². The Morgan fingerprint density at radius 3 is 2.28 bits per heavy atom. The molecule has 1 aliphatic rings. The topological polar surface area (TPSA) is 71.1 Å². The van der Waals surface area contributed by atoms with Crippen molar-refractivity contribution in [3.05, 3.63) is 84.4 Å². The number of rotatable bonds is 10. The van der Waals surface area contributed by atoms with E-state index < -0.39 is 6.04 Å². The summed E-state index contributed by atoms with van der Waals surface area (Å²) in [6, 6.07) is 23.3. The third-order valence-electron chi connectivity index (χ3n) is 5.83. The Bertz CT molecular complexity index is 1200. The molecule has 1 aliphatic heterocycles. The van der Waals surface area contributed by atoms with Crippen molar-refractivity contribution in [2.24, 2.45) is 0 Å². The van der Waals surface area contributed by atoms with Crippen molar-refractivity contribution in [3.63, 3.8) is 0 Å². The van der Waals surface area contributed by atoms with E-state index in [2.05, 4.69) is 5.32 Å². The third kappa shape index (κ3) is 5.83. The molecule has 3 aromatic rings. The second-order valence-electron chi connectivity index (χ2n) is 8.41. The van der Waals surface area contributed by atoms with Crippen LogP contribution in [0.5, 0.6) is 11.5 Å². The fourth-order valence-electron chi connectivity index (χ4n) is 4.00. The van der Waals surface area contributed by atoms with Crippen LogP contribution in [0.25, 0.3) is 0 Å². The Morgan fingerprint density at radius 2 is 1.64 bits per heavy atom. The molecule has 0 bridgehead atoms. The van der Waals surface area contributed by atoms with E-state index in [1.807, 2.05) is 78.6 Å². The molecule has 0 aliphatic carbocycles. The minimum absolute atomic E-state index is 0.0352. The van der Waals surface area contributed by atoms with E-state index in [-0.39, 0.29) is 18.2 Å². The number of methoxy groups -OCH3 is 1. The van der Waals surface area contributed by atoms with Crippen LogP contribution in [-0.2, 0) is 16.1 Å². The molecule has 1 saturated heterocycles. The molecule has 2 amide bonds. The first kappa shape index (κ1) is 25.2. The second-order valence-corrected chi connectivity index (χ2v) is 8.77. The molecule has 4 rings (SSSR count). The van der Waals surface area contributed by atoms with Crippen LogP contribution < -0.4 is 19.7 Å². The summed E-state index contributed by atoms with van der Waals surface area (Å²) in [4.78, 5) is 29.9. The van der Waals surface area contributed by atoms with Crippen LogP contribution in [0.2, 0.25) is 0 Å². The van der Waals surface area contributed by atoms with Gasteiger partial charge < -0.3 is 19.7 Å². The SMILES string of the molecule is CCCOc1ccc(NC(=O)C[C@@H]2C(=O)N(c3ccccc3)C(=S)N2Cc2ccc(OC)cc2)cc1. The number of hydrogen-bond donors (Lipinski definition) is 1. The van der Waals surface area contributed by atoms with Crippen LogP contribution in [-0.4, -0.2) is 41.6 Å². The number of nitrogens with zero attached hydrogens (tertiary/aromatic N) is 2. The van der Waals surface area contributed by atoms with Gasteiger partial charge in [0.2, 0.25) is 5.91 Å². The molecule has 1 atom stereocenters. The molecule has 0 aromatic heterocycles. The van der Waals surface area contributed by atoms with E-state index in [0.29, 0.717) is 29.6 Å². The number of para-hydroxylation sites is 1. The lowest BCUT2D eigenvalue weighted by molar-refractivity contribution is -0.124. The molecular formula is C28H29N3O4S. The van der Waals surface area contributed by atoms with Crippen LogP contribution >= 0.6 is 12.2 Å². The molecule has 1 N–H and O–H groups in total. The second kappa shape index (κ2) is 11.7. The number of hydrogen-bond acceptors (Lipinski definition) is 5. The maximum atomic E-state index is 13.5. The zero-order chi connectivity index (χ0) is 25.5. The van der Waals surface area contributed by atoms with Gasteiger partial charge in [-0.05, 0) is 72.7 Å². The van der Waals surface area contributed by atoms with Gasteiger partial charge in [0.25, 0.3) is 5.91 Å². The van der Waals surface area contributed by atoms with Gasteiger partial charge in [0, 0.05) is 12.2 Å². The van der Waals surface area contributed by atoms with E-state index in [4.69, 9.17) is 21.7 Å². The Hall–Kier alpha value is -3.91. The first-order valence-electron chi connectivity index (χ1n) is 11.9. The van der Waals surface area contributed by atoms with Gasteiger partial charge in [-0.3, -0.25) is 14.5 Å². The number of carbonyl (C=O) groups excluding carboxylic acids is 2. The normalized spacial score (nSPS) is 15.2. The fourth-order valence-corrected chi connectivity index (χ4v) is 4.39. The van der Waals surface area contributed by atoms with Gasteiger partial charge in [-0.25, -0.2) is 0 Å². The highest BCUT2D eigenvalue weighted by Crippen LogP contribution is 2.29. The number of benzene rings is 3. The maximum absolute atomic E-state index is 13.5. The van der Waals surface area contributed by atoms with Gasteiger partial charge in [-0.15, -0.1) is 0 Å². The van der Waals surface area contributed by atoms with Crippen molar-refractivity contribution in [2.45, 2.75) is 32.4 Å². The summed E-state index contributed by atoms with van der Waals surface area (Å²) in [6.45, 7) is 3.07. The molecule has 0 saturated carbocycles. The third-order valence-corrected chi connectivity index (χ3v) is 6.25. The van der Waals surface area contributed by atoms with Gasteiger partial charge in [-0.1, -0.05) is 37.3 Å². The molecular weight excluding hydrogens is 474 g/mol. The summed E-state index contributed by atoms with van der Waals surface area (Å²) >= 11 is 5.74.